The number of rotatable bonds is 7. The Balaban J connectivity index is 2.79. The molecule has 0 amide bonds. The van der Waals surface area contributed by atoms with Gasteiger partial charge in [0.1, 0.15) is 11.2 Å². The molecule has 1 heterocycles. The van der Waals surface area contributed by atoms with Crippen LogP contribution in [0.1, 0.15) is 18.9 Å². The van der Waals surface area contributed by atoms with E-state index in [1.165, 1.54) is 21.3 Å². The van der Waals surface area contributed by atoms with Crippen molar-refractivity contribution in [2.45, 2.75) is 30.7 Å². The summed E-state index contributed by atoms with van der Waals surface area (Å²) in [4.78, 5) is 16.3. The predicted octanol–water partition coefficient (Wildman–Crippen LogP) is 2.55. The second-order valence-corrected chi connectivity index (χ2v) is 5.83. The third-order valence-corrected chi connectivity index (χ3v) is 4.85. The molecule has 0 aromatic heterocycles. The number of hydrogen-bond acceptors (Lipinski definition) is 7. The Morgan fingerprint density at radius 3 is 2.15 bits per heavy atom. The molecule has 0 bridgehead atoms. The zero-order valence-corrected chi connectivity index (χ0v) is 15.6. The highest BCUT2D eigenvalue weighted by atomic mass is 16.7. The van der Waals surface area contributed by atoms with Crippen molar-refractivity contribution in [3.8, 4) is 5.75 Å². The van der Waals surface area contributed by atoms with Crippen molar-refractivity contribution in [2.75, 3.05) is 28.4 Å². The Labute approximate surface area is 152 Å². The minimum Gasteiger partial charge on any atom is -0.497 e. The van der Waals surface area contributed by atoms with E-state index in [1.54, 1.807) is 43.5 Å². The number of hydrogen-bond donors (Lipinski definition) is 0. The van der Waals surface area contributed by atoms with E-state index in [4.69, 9.17) is 18.9 Å². The van der Waals surface area contributed by atoms with Gasteiger partial charge in [0, 0.05) is 14.2 Å². The average Bonchev–Trinajstić information content (AvgIpc) is 2.68. The van der Waals surface area contributed by atoms with Gasteiger partial charge in [-0.3, -0.25) is 10.1 Å². The number of ether oxygens (including phenoxy) is 4. The van der Waals surface area contributed by atoms with Crippen molar-refractivity contribution in [1.82, 2.24) is 0 Å². The highest BCUT2D eigenvalue weighted by Crippen LogP contribution is 2.48. The number of nitro groups is 1. The molecule has 1 aromatic rings. The summed E-state index contributed by atoms with van der Waals surface area (Å²) in [5.41, 5.74) is -2.37. The zero-order valence-electron chi connectivity index (χ0n) is 15.6. The molecule has 2 unspecified atom stereocenters. The van der Waals surface area contributed by atoms with Crippen LogP contribution in [-0.2, 0) is 19.6 Å². The molecular formula is C18H24N2O6. The van der Waals surface area contributed by atoms with Crippen molar-refractivity contribution in [1.29, 1.82) is 0 Å². The van der Waals surface area contributed by atoms with Gasteiger partial charge in [-0.25, -0.2) is 0 Å². The lowest BCUT2D eigenvalue weighted by atomic mass is 9.66. The summed E-state index contributed by atoms with van der Waals surface area (Å²) in [7, 11) is 5.69. The Morgan fingerprint density at radius 1 is 1.12 bits per heavy atom. The van der Waals surface area contributed by atoms with Crippen molar-refractivity contribution in [3.05, 3.63) is 52.1 Å². The molecule has 2 atom stereocenters. The minimum absolute atomic E-state index is 0.137. The van der Waals surface area contributed by atoms with Gasteiger partial charge in [0.2, 0.25) is 5.90 Å². The standard InChI is InChI=1S/C18H24N2O6/c1-6-17(13-7-9-14(23-2)10-8-13)12-11-15(24-3)19-18(17,20(21)22)16(25-4)26-5/h7-12,16H,6H2,1-5H3. The molecule has 0 N–H and O–H groups in total. The summed E-state index contributed by atoms with van der Waals surface area (Å²) in [5.74, 6) is 0.793. The number of dihydropyridines is 1. The van der Waals surface area contributed by atoms with E-state index < -0.39 is 22.3 Å². The van der Waals surface area contributed by atoms with Gasteiger partial charge >= 0.3 is 5.66 Å². The quantitative estimate of drug-likeness (QED) is 0.419. The molecule has 0 radical (unpaired) electrons. The number of benzene rings is 1. The lowest BCUT2D eigenvalue weighted by molar-refractivity contribution is -0.607. The molecule has 1 aliphatic rings. The third-order valence-electron chi connectivity index (χ3n) is 4.85. The number of aliphatic imine (C=N–C) groups is 1. The maximum Gasteiger partial charge on any atom is 0.379 e. The average molecular weight is 364 g/mol. The second kappa shape index (κ2) is 7.84. The molecule has 8 heteroatoms. The third kappa shape index (κ3) is 2.85. The molecular weight excluding hydrogens is 340 g/mol. The molecule has 0 saturated carbocycles. The lowest BCUT2D eigenvalue weighted by Gasteiger charge is -2.43. The summed E-state index contributed by atoms with van der Waals surface area (Å²) in [5, 5.41) is 12.4. The Bertz CT molecular complexity index is 698. The van der Waals surface area contributed by atoms with E-state index in [-0.39, 0.29) is 5.90 Å². The first-order valence-electron chi connectivity index (χ1n) is 8.13. The van der Waals surface area contributed by atoms with Crippen LogP contribution in [-0.4, -0.2) is 51.2 Å². The van der Waals surface area contributed by atoms with E-state index in [0.717, 1.165) is 0 Å². The molecule has 0 aliphatic carbocycles. The lowest BCUT2D eigenvalue weighted by Crippen LogP contribution is -2.64. The Hall–Kier alpha value is -2.45. The van der Waals surface area contributed by atoms with Crippen molar-refractivity contribution >= 4 is 5.90 Å². The fourth-order valence-electron chi connectivity index (χ4n) is 3.51. The summed E-state index contributed by atoms with van der Waals surface area (Å²) in [6.45, 7) is 1.86. The van der Waals surface area contributed by atoms with Gasteiger partial charge in [-0.2, -0.15) is 4.99 Å². The minimum atomic E-state index is -1.96. The van der Waals surface area contributed by atoms with Gasteiger partial charge in [-0.1, -0.05) is 25.1 Å². The molecule has 8 nitrogen and oxygen atoms in total. The van der Waals surface area contributed by atoms with E-state index >= 15 is 0 Å². The van der Waals surface area contributed by atoms with Crippen LogP contribution in [0.3, 0.4) is 0 Å². The van der Waals surface area contributed by atoms with Crippen molar-refractivity contribution < 1.29 is 23.9 Å². The van der Waals surface area contributed by atoms with Crippen LogP contribution in [0, 0.1) is 10.1 Å². The molecule has 26 heavy (non-hydrogen) atoms. The van der Waals surface area contributed by atoms with Gasteiger partial charge in [0.05, 0.1) is 19.1 Å². The van der Waals surface area contributed by atoms with Crippen LogP contribution in [0.25, 0.3) is 0 Å². The van der Waals surface area contributed by atoms with Crippen LogP contribution >= 0.6 is 0 Å². The Kier molecular flexibility index (Phi) is 5.99. The van der Waals surface area contributed by atoms with E-state index in [1.807, 2.05) is 6.92 Å². The molecule has 0 saturated heterocycles. The van der Waals surface area contributed by atoms with Crippen LogP contribution in [0.5, 0.6) is 5.75 Å². The highest BCUT2D eigenvalue weighted by molar-refractivity contribution is 5.89. The predicted molar refractivity (Wildman–Crippen MR) is 96.1 cm³/mol. The van der Waals surface area contributed by atoms with Crippen LogP contribution in [0.15, 0.2) is 41.4 Å². The molecule has 1 aromatic carbocycles. The normalized spacial score (nSPS) is 25.1. The topological polar surface area (TPSA) is 92.4 Å². The monoisotopic (exact) mass is 364 g/mol. The molecule has 0 spiro atoms. The maximum atomic E-state index is 12.4. The number of methoxy groups -OCH3 is 4. The molecule has 2 rings (SSSR count). The summed E-state index contributed by atoms with van der Waals surface area (Å²) < 4.78 is 21.0. The van der Waals surface area contributed by atoms with E-state index in [2.05, 4.69) is 4.99 Å². The van der Waals surface area contributed by atoms with Gasteiger partial charge in [-0.15, -0.1) is 0 Å². The van der Waals surface area contributed by atoms with Gasteiger partial charge in [0.25, 0.3) is 6.29 Å². The summed E-state index contributed by atoms with van der Waals surface area (Å²) in [6, 6.07) is 7.10. The zero-order chi connectivity index (χ0) is 19.4. The highest BCUT2D eigenvalue weighted by Gasteiger charge is 2.68. The Morgan fingerprint density at radius 2 is 1.73 bits per heavy atom. The van der Waals surface area contributed by atoms with Crippen LogP contribution < -0.4 is 4.74 Å². The first-order valence-corrected chi connectivity index (χ1v) is 8.13. The fourth-order valence-corrected chi connectivity index (χ4v) is 3.51. The molecule has 142 valence electrons. The van der Waals surface area contributed by atoms with Crippen molar-refractivity contribution in [3.63, 3.8) is 0 Å². The van der Waals surface area contributed by atoms with E-state index in [0.29, 0.717) is 17.7 Å². The van der Waals surface area contributed by atoms with Crippen molar-refractivity contribution in [2.24, 2.45) is 4.99 Å². The summed E-state index contributed by atoms with van der Waals surface area (Å²) in [6.07, 6.45) is 2.54. The first kappa shape index (κ1) is 19.9. The van der Waals surface area contributed by atoms with Gasteiger partial charge in [0.15, 0.2) is 0 Å². The SMILES string of the molecule is CCC1(c2ccc(OC)cc2)C=CC(OC)=NC1(C(OC)OC)[N+](=O)[O-]. The van der Waals surface area contributed by atoms with E-state index in [9.17, 15) is 10.1 Å². The first-order chi connectivity index (χ1) is 12.4. The van der Waals surface area contributed by atoms with Gasteiger partial charge in [-0.05, 0) is 30.2 Å². The van der Waals surface area contributed by atoms with Crippen LogP contribution in [0.4, 0.5) is 0 Å². The van der Waals surface area contributed by atoms with Crippen LogP contribution in [0.2, 0.25) is 0 Å². The fraction of sp³-hybridized carbons (Fsp3) is 0.500. The molecule has 1 aliphatic heterocycles. The molecule has 0 fully saturated rings. The maximum absolute atomic E-state index is 12.4. The number of nitrogens with zero attached hydrogens (tertiary/aromatic N) is 2. The largest absolute Gasteiger partial charge is 0.497 e. The van der Waals surface area contributed by atoms with Gasteiger partial charge < -0.3 is 18.9 Å². The smallest absolute Gasteiger partial charge is 0.379 e. The summed E-state index contributed by atoms with van der Waals surface area (Å²) >= 11 is 0. The second-order valence-electron chi connectivity index (χ2n) is 5.83.